The molecule has 0 heterocycles. The summed E-state index contributed by atoms with van der Waals surface area (Å²) < 4.78 is 10.6. The van der Waals surface area contributed by atoms with Crippen LogP contribution in [0.1, 0.15) is 24.5 Å². The van der Waals surface area contributed by atoms with Gasteiger partial charge in [-0.25, -0.2) is 5.48 Å². The van der Waals surface area contributed by atoms with Crippen molar-refractivity contribution in [2.75, 3.05) is 14.2 Å². The molecule has 0 saturated heterocycles. The molecule has 16 heavy (non-hydrogen) atoms. The minimum atomic E-state index is 0.339. The lowest BCUT2D eigenvalue weighted by Crippen LogP contribution is -2.08. The molecule has 0 atom stereocenters. The smallest absolute Gasteiger partial charge is 0.123 e. The average molecular weight is 225 g/mol. The van der Waals surface area contributed by atoms with Gasteiger partial charge in [0.1, 0.15) is 11.5 Å². The summed E-state index contributed by atoms with van der Waals surface area (Å²) in [5.41, 5.74) is 4.13. The van der Waals surface area contributed by atoms with Crippen molar-refractivity contribution in [3.8, 4) is 11.5 Å². The molecule has 1 aromatic rings. The maximum Gasteiger partial charge on any atom is 0.123 e. The monoisotopic (exact) mass is 225 g/mol. The first kappa shape index (κ1) is 12.8. The van der Waals surface area contributed by atoms with E-state index in [9.17, 15) is 0 Å². The second-order valence-electron chi connectivity index (χ2n) is 3.56. The number of benzene rings is 1. The standard InChI is InChI=1S/C12H19NO3/c1-4-5-9-6-12(16-3)10(8-13-14)7-11(9)15-2/h6-7,13-14H,4-5,8H2,1-3H3. The van der Waals surface area contributed by atoms with Gasteiger partial charge in [-0.1, -0.05) is 13.3 Å². The van der Waals surface area contributed by atoms with Crippen molar-refractivity contribution in [1.82, 2.24) is 5.48 Å². The van der Waals surface area contributed by atoms with E-state index >= 15 is 0 Å². The van der Waals surface area contributed by atoms with E-state index in [0.717, 1.165) is 35.5 Å². The van der Waals surface area contributed by atoms with Crippen LogP contribution in [-0.4, -0.2) is 19.4 Å². The van der Waals surface area contributed by atoms with Crippen LogP contribution in [0.2, 0.25) is 0 Å². The normalized spacial score (nSPS) is 10.2. The predicted molar refractivity (Wildman–Crippen MR) is 62.2 cm³/mol. The Bertz CT molecular complexity index is 306. The van der Waals surface area contributed by atoms with Gasteiger partial charge >= 0.3 is 0 Å². The number of hydrogen-bond acceptors (Lipinski definition) is 4. The Morgan fingerprint density at radius 1 is 1.12 bits per heavy atom. The van der Waals surface area contributed by atoms with Crippen molar-refractivity contribution in [2.45, 2.75) is 26.3 Å². The van der Waals surface area contributed by atoms with Gasteiger partial charge in [-0.2, -0.15) is 0 Å². The Kier molecular flexibility index (Phi) is 5.08. The van der Waals surface area contributed by atoms with Crippen LogP contribution in [0, 0.1) is 0 Å². The van der Waals surface area contributed by atoms with E-state index < -0.39 is 0 Å². The van der Waals surface area contributed by atoms with Gasteiger partial charge in [0.15, 0.2) is 0 Å². The van der Waals surface area contributed by atoms with E-state index in [1.54, 1.807) is 14.2 Å². The lowest BCUT2D eigenvalue weighted by molar-refractivity contribution is 0.160. The van der Waals surface area contributed by atoms with Gasteiger partial charge in [0.2, 0.25) is 0 Å². The third-order valence-electron chi connectivity index (χ3n) is 2.47. The first-order chi connectivity index (χ1) is 7.76. The number of rotatable bonds is 6. The third kappa shape index (κ3) is 2.87. The van der Waals surface area contributed by atoms with Gasteiger partial charge in [0.05, 0.1) is 14.2 Å². The molecule has 0 spiro atoms. The van der Waals surface area contributed by atoms with E-state index in [1.165, 1.54) is 0 Å². The lowest BCUT2D eigenvalue weighted by Gasteiger charge is -2.14. The number of nitrogens with one attached hydrogen (secondary N) is 1. The molecule has 4 nitrogen and oxygen atoms in total. The van der Waals surface area contributed by atoms with Crippen molar-refractivity contribution < 1.29 is 14.7 Å². The first-order valence-electron chi connectivity index (χ1n) is 5.37. The zero-order chi connectivity index (χ0) is 12.0. The van der Waals surface area contributed by atoms with E-state index in [-0.39, 0.29) is 0 Å². The van der Waals surface area contributed by atoms with Crippen LogP contribution >= 0.6 is 0 Å². The molecule has 0 fully saturated rings. The molecule has 0 unspecified atom stereocenters. The number of aryl methyl sites for hydroxylation is 1. The molecule has 0 saturated carbocycles. The van der Waals surface area contributed by atoms with Crippen molar-refractivity contribution in [3.05, 3.63) is 23.3 Å². The number of methoxy groups -OCH3 is 2. The first-order valence-corrected chi connectivity index (χ1v) is 5.37. The maximum atomic E-state index is 8.73. The summed E-state index contributed by atoms with van der Waals surface area (Å²) in [6, 6.07) is 3.86. The number of ether oxygens (including phenoxy) is 2. The summed E-state index contributed by atoms with van der Waals surface area (Å²) >= 11 is 0. The number of hydroxylamine groups is 1. The van der Waals surface area contributed by atoms with Gasteiger partial charge < -0.3 is 14.7 Å². The fourth-order valence-corrected chi connectivity index (χ4v) is 1.71. The summed E-state index contributed by atoms with van der Waals surface area (Å²) in [4.78, 5) is 0. The predicted octanol–water partition coefficient (Wildman–Crippen LogP) is 2.14. The molecule has 4 heteroatoms. The van der Waals surface area contributed by atoms with E-state index in [0.29, 0.717) is 6.54 Å². The lowest BCUT2D eigenvalue weighted by atomic mass is 10.0. The highest BCUT2D eigenvalue weighted by Crippen LogP contribution is 2.29. The van der Waals surface area contributed by atoms with Crippen LogP contribution < -0.4 is 15.0 Å². The molecule has 1 rings (SSSR count). The van der Waals surface area contributed by atoms with Gasteiger partial charge in [-0.3, -0.25) is 0 Å². The van der Waals surface area contributed by atoms with Crippen LogP contribution in [0.25, 0.3) is 0 Å². The van der Waals surface area contributed by atoms with Crippen molar-refractivity contribution in [3.63, 3.8) is 0 Å². The molecule has 0 aliphatic carbocycles. The van der Waals surface area contributed by atoms with E-state index in [2.05, 4.69) is 12.4 Å². The van der Waals surface area contributed by atoms with Crippen LogP contribution in [0.15, 0.2) is 12.1 Å². The molecule has 0 aromatic heterocycles. The Morgan fingerprint density at radius 2 is 1.69 bits per heavy atom. The minimum Gasteiger partial charge on any atom is -0.496 e. The Labute approximate surface area is 96.1 Å². The average Bonchev–Trinajstić information content (AvgIpc) is 2.31. The van der Waals surface area contributed by atoms with E-state index in [4.69, 9.17) is 14.7 Å². The maximum absolute atomic E-state index is 8.73. The molecule has 2 N–H and O–H groups in total. The fourth-order valence-electron chi connectivity index (χ4n) is 1.71. The molecular formula is C12H19NO3. The Balaban J connectivity index is 3.11. The highest BCUT2D eigenvalue weighted by Gasteiger charge is 2.10. The van der Waals surface area contributed by atoms with Crippen LogP contribution in [0.5, 0.6) is 11.5 Å². The minimum absolute atomic E-state index is 0.339. The van der Waals surface area contributed by atoms with Crippen molar-refractivity contribution in [1.29, 1.82) is 0 Å². The summed E-state index contributed by atoms with van der Waals surface area (Å²) in [7, 11) is 3.27. The zero-order valence-electron chi connectivity index (χ0n) is 10.0. The molecule has 0 aliphatic rings. The highest BCUT2D eigenvalue weighted by molar-refractivity contribution is 5.46. The van der Waals surface area contributed by atoms with E-state index in [1.807, 2.05) is 12.1 Å². The fraction of sp³-hybridized carbons (Fsp3) is 0.500. The SMILES string of the molecule is CCCc1cc(OC)c(CNO)cc1OC. The molecule has 90 valence electrons. The van der Waals surface area contributed by atoms with Crippen LogP contribution in [0.4, 0.5) is 0 Å². The molecule has 1 aromatic carbocycles. The summed E-state index contributed by atoms with van der Waals surface area (Å²) in [5.74, 6) is 1.61. The highest BCUT2D eigenvalue weighted by atomic mass is 16.5. The van der Waals surface area contributed by atoms with Crippen LogP contribution in [-0.2, 0) is 13.0 Å². The molecular weight excluding hydrogens is 206 g/mol. The van der Waals surface area contributed by atoms with Crippen molar-refractivity contribution >= 4 is 0 Å². The molecule has 0 radical (unpaired) electrons. The van der Waals surface area contributed by atoms with Gasteiger partial charge in [-0.15, -0.1) is 0 Å². The quantitative estimate of drug-likeness (QED) is 0.728. The third-order valence-corrected chi connectivity index (χ3v) is 2.47. The van der Waals surface area contributed by atoms with Gasteiger partial charge in [-0.05, 0) is 24.1 Å². The van der Waals surface area contributed by atoms with Gasteiger partial charge in [0, 0.05) is 12.1 Å². The Hall–Kier alpha value is -1.26. The second-order valence-corrected chi connectivity index (χ2v) is 3.56. The Morgan fingerprint density at radius 3 is 2.19 bits per heavy atom. The molecule has 0 bridgehead atoms. The zero-order valence-corrected chi connectivity index (χ0v) is 10.0. The van der Waals surface area contributed by atoms with Crippen molar-refractivity contribution in [2.24, 2.45) is 0 Å². The summed E-state index contributed by atoms with van der Waals surface area (Å²) in [6.45, 7) is 2.46. The largest absolute Gasteiger partial charge is 0.496 e. The summed E-state index contributed by atoms with van der Waals surface area (Å²) in [5, 5.41) is 8.73. The molecule has 0 aliphatic heterocycles. The topological polar surface area (TPSA) is 50.7 Å². The van der Waals surface area contributed by atoms with Crippen LogP contribution in [0.3, 0.4) is 0 Å². The molecule has 0 amide bonds. The summed E-state index contributed by atoms with van der Waals surface area (Å²) in [6.07, 6.45) is 2.00. The van der Waals surface area contributed by atoms with Gasteiger partial charge in [0.25, 0.3) is 0 Å². The number of hydrogen-bond donors (Lipinski definition) is 2. The second kappa shape index (κ2) is 6.35.